The van der Waals surface area contributed by atoms with Crippen LogP contribution in [0.25, 0.3) is 17.4 Å². The number of hydrogen-bond acceptors (Lipinski definition) is 5. The number of amides is 2. The van der Waals surface area contributed by atoms with Gasteiger partial charge in [-0.2, -0.15) is 0 Å². The van der Waals surface area contributed by atoms with Gasteiger partial charge in [-0.3, -0.25) is 15.0 Å². The van der Waals surface area contributed by atoms with Crippen molar-refractivity contribution in [2.75, 3.05) is 12.1 Å². The van der Waals surface area contributed by atoms with Crippen LogP contribution < -0.4 is 10.4 Å². The first-order chi connectivity index (χ1) is 14.5. The lowest BCUT2D eigenvalue weighted by molar-refractivity contribution is -0.117. The second-order valence-corrected chi connectivity index (χ2v) is 6.83. The van der Waals surface area contributed by atoms with Gasteiger partial charge >= 0.3 is 5.97 Å². The van der Waals surface area contributed by atoms with Crippen LogP contribution in [0.15, 0.2) is 70.7 Å². The van der Waals surface area contributed by atoms with Gasteiger partial charge in [0.05, 0.1) is 18.4 Å². The summed E-state index contributed by atoms with van der Waals surface area (Å²) < 4.78 is 10.5. The molecule has 2 amide bonds. The summed E-state index contributed by atoms with van der Waals surface area (Å²) in [6, 6.07) is 16.7. The molecule has 0 spiro atoms. The van der Waals surface area contributed by atoms with Crippen LogP contribution in [0, 0.1) is 0 Å². The minimum Gasteiger partial charge on any atom is -0.465 e. The number of rotatable bonds is 4. The molecule has 4 rings (SSSR count). The van der Waals surface area contributed by atoms with Crippen LogP contribution in [0.4, 0.5) is 5.69 Å². The first-order valence-electron chi connectivity index (χ1n) is 8.87. The second kappa shape index (κ2) is 7.88. The lowest BCUT2D eigenvalue weighted by Gasteiger charge is -2.14. The molecular weight excluding hydrogens is 408 g/mol. The summed E-state index contributed by atoms with van der Waals surface area (Å²) in [4.78, 5) is 36.7. The summed E-state index contributed by atoms with van der Waals surface area (Å²) in [6.45, 7) is 0. The number of hydrazine groups is 1. The van der Waals surface area contributed by atoms with E-state index in [2.05, 4.69) is 5.43 Å². The molecule has 0 aliphatic carbocycles. The first-order valence-corrected chi connectivity index (χ1v) is 9.25. The number of methoxy groups -OCH3 is 1. The van der Waals surface area contributed by atoms with E-state index < -0.39 is 17.8 Å². The Bertz CT molecular complexity index is 1200. The highest BCUT2D eigenvalue weighted by Crippen LogP contribution is 2.27. The largest absolute Gasteiger partial charge is 0.465 e. The highest BCUT2D eigenvalue weighted by Gasteiger charge is 2.34. The maximum Gasteiger partial charge on any atom is 0.337 e. The molecule has 1 aromatic heterocycles. The van der Waals surface area contributed by atoms with Gasteiger partial charge in [0.15, 0.2) is 0 Å². The molecule has 150 valence electrons. The lowest BCUT2D eigenvalue weighted by atomic mass is 10.1. The van der Waals surface area contributed by atoms with Crippen molar-refractivity contribution in [2.24, 2.45) is 0 Å². The number of nitrogens with zero attached hydrogens (tertiary/aromatic N) is 1. The maximum absolute atomic E-state index is 12.7. The van der Waals surface area contributed by atoms with Crippen molar-refractivity contribution in [3.05, 3.63) is 82.6 Å². The van der Waals surface area contributed by atoms with Crippen LogP contribution in [0.5, 0.6) is 0 Å². The Kier molecular flexibility index (Phi) is 5.12. The maximum atomic E-state index is 12.7. The lowest BCUT2D eigenvalue weighted by Crippen LogP contribution is -2.35. The third kappa shape index (κ3) is 3.70. The molecule has 7 nitrogen and oxygen atoms in total. The number of furan rings is 1. The van der Waals surface area contributed by atoms with E-state index >= 15 is 0 Å². The zero-order valence-electron chi connectivity index (χ0n) is 15.7. The van der Waals surface area contributed by atoms with Crippen LogP contribution in [0.3, 0.4) is 0 Å². The number of benzene rings is 2. The molecule has 1 N–H and O–H groups in total. The normalized spacial score (nSPS) is 14.9. The molecule has 1 aliphatic rings. The average Bonchev–Trinajstić information content (AvgIpc) is 3.33. The van der Waals surface area contributed by atoms with Gasteiger partial charge in [0.25, 0.3) is 11.8 Å². The second-order valence-electron chi connectivity index (χ2n) is 6.39. The van der Waals surface area contributed by atoms with Crippen molar-refractivity contribution in [1.82, 2.24) is 5.43 Å². The SMILES string of the molecule is COC(=O)c1cccc(-c2ccc(C=C3C(=O)NN(c4cccc(Cl)c4)C3=O)o2)c1. The van der Waals surface area contributed by atoms with Gasteiger partial charge in [-0.15, -0.1) is 0 Å². The van der Waals surface area contributed by atoms with Gasteiger partial charge in [-0.05, 0) is 48.5 Å². The summed E-state index contributed by atoms with van der Waals surface area (Å²) in [5.41, 5.74) is 3.93. The Morgan fingerprint density at radius 3 is 2.67 bits per heavy atom. The van der Waals surface area contributed by atoms with E-state index in [9.17, 15) is 14.4 Å². The number of hydrogen-bond donors (Lipinski definition) is 1. The molecule has 1 aliphatic heterocycles. The number of halogens is 1. The number of anilines is 1. The summed E-state index contributed by atoms with van der Waals surface area (Å²) in [5, 5.41) is 1.57. The fraction of sp³-hybridized carbons (Fsp3) is 0.0455. The highest BCUT2D eigenvalue weighted by molar-refractivity contribution is 6.33. The molecular formula is C22H15ClN2O5. The number of ether oxygens (including phenoxy) is 1. The van der Waals surface area contributed by atoms with Crippen molar-refractivity contribution >= 4 is 41.1 Å². The summed E-state index contributed by atoms with van der Waals surface area (Å²) in [6.07, 6.45) is 1.37. The molecule has 0 radical (unpaired) electrons. The van der Waals surface area contributed by atoms with E-state index in [0.29, 0.717) is 33.4 Å². The fourth-order valence-electron chi connectivity index (χ4n) is 3.00. The number of carbonyl (C=O) groups excluding carboxylic acids is 3. The summed E-state index contributed by atoms with van der Waals surface area (Å²) >= 11 is 5.97. The highest BCUT2D eigenvalue weighted by atomic mass is 35.5. The quantitative estimate of drug-likeness (QED) is 0.392. The molecule has 8 heteroatoms. The van der Waals surface area contributed by atoms with E-state index in [1.165, 1.54) is 13.2 Å². The predicted molar refractivity (Wildman–Crippen MR) is 111 cm³/mol. The smallest absolute Gasteiger partial charge is 0.337 e. The van der Waals surface area contributed by atoms with Gasteiger partial charge in [-0.25, -0.2) is 9.80 Å². The minimum absolute atomic E-state index is 0.0702. The molecule has 0 saturated carbocycles. The molecule has 30 heavy (non-hydrogen) atoms. The molecule has 1 fully saturated rings. The Morgan fingerprint density at radius 2 is 1.90 bits per heavy atom. The zero-order valence-corrected chi connectivity index (χ0v) is 16.5. The van der Waals surface area contributed by atoms with Gasteiger partial charge in [0.1, 0.15) is 17.1 Å². The third-order valence-electron chi connectivity index (χ3n) is 4.44. The van der Waals surface area contributed by atoms with E-state index in [0.717, 1.165) is 5.01 Å². The summed E-state index contributed by atoms with van der Waals surface area (Å²) in [5.74, 6) is -0.733. The minimum atomic E-state index is -0.550. The van der Waals surface area contributed by atoms with Crippen molar-refractivity contribution in [3.63, 3.8) is 0 Å². The fourth-order valence-corrected chi connectivity index (χ4v) is 3.18. The Balaban J connectivity index is 1.61. The van der Waals surface area contributed by atoms with Crippen LogP contribution >= 0.6 is 11.6 Å². The molecule has 0 bridgehead atoms. The first kappa shape index (κ1) is 19.5. The molecule has 0 atom stereocenters. The van der Waals surface area contributed by atoms with Gasteiger partial charge in [-0.1, -0.05) is 29.8 Å². The molecule has 0 unspecified atom stereocenters. The van der Waals surface area contributed by atoms with Crippen molar-refractivity contribution in [2.45, 2.75) is 0 Å². The average molecular weight is 423 g/mol. The number of esters is 1. The predicted octanol–water partition coefficient (Wildman–Crippen LogP) is 3.85. The van der Waals surface area contributed by atoms with Crippen LogP contribution in [0.1, 0.15) is 16.1 Å². The summed E-state index contributed by atoms with van der Waals surface area (Å²) in [7, 11) is 1.31. The van der Waals surface area contributed by atoms with Crippen LogP contribution in [-0.2, 0) is 14.3 Å². The number of carbonyl (C=O) groups is 3. The standard InChI is InChI=1S/C22H15ClN2O5/c1-29-22(28)14-5-2-4-13(10-14)19-9-8-17(30-19)12-18-20(26)24-25(21(18)27)16-7-3-6-15(23)11-16/h2-12H,1H3,(H,24,26). The Morgan fingerprint density at radius 1 is 1.10 bits per heavy atom. The van der Waals surface area contributed by atoms with Crippen molar-refractivity contribution < 1.29 is 23.5 Å². The molecule has 1 saturated heterocycles. The van der Waals surface area contributed by atoms with E-state index in [4.69, 9.17) is 20.8 Å². The van der Waals surface area contributed by atoms with Crippen LogP contribution in [-0.4, -0.2) is 24.9 Å². The van der Waals surface area contributed by atoms with Crippen molar-refractivity contribution in [1.29, 1.82) is 0 Å². The Labute approximate surface area is 176 Å². The monoisotopic (exact) mass is 422 g/mol. The van der Waals surface area contributed by atoms with Gasteiger partial charge < -0.3 is 9.15 Å². The topological polar surface area (TPSA) is 88.9 Å². The van der Waals surface area contributed by atoms with E-state index in [1.54, 1.807) is 60.7 Å². The van der Waals surface area contributed by atoms with Gasteiger partial charge in [0, 0.05) is 10.6 Å². The van der Waals surface area contributed by atoms with E-state index in [1.807, 2.05) is 0 Å². The third-order valence-corrected chi connectivity index (χ3v) is 4.67. The zero-order chi connectivity index (χ0) is 21.3. The molecule has 2 aromatic carbocycles. The molecule has 3 aromatic rings. The number of nitrogens with one attached hydrogen (secondary N) is 1. The van der Waals surface area contributed by atoms with Gasteiger partial charge in [0.2, 0.25) is 0 Å². The van der Waals surface area contributed by atoms with Crippen LogP contribution in [0.2, 0.25) is 5.02 Å². The Hall–Kier alpha value is -3.84. The van der Waals surface area contributed by atoms with E-state index in [-0.39, 0.29) is 5.57 Å². The van der Waals surface area contributed by atoms with Crippen molar-refractivity contribution in [3.8, 4) is 11.3 Å². The molecule has 2 heterocycles.